The van der Waals surface area contributed by atoms with E-state index in [1.165, 1.54) is 11.3 Å². The minimum Gasteiger partial charge on any atom is -0.444 e. The van der Waals surface area contributed by atoms with Gasteiger partial charge >= 0.3 is 6.09 Å². The molecule has 110 valence electrons. The maximum Gasteiger partial charge on any atom is 0.408 e. The molecular weight excluding hydrogens is 262 g/mol. The van der Waals surface area contributed by atoms with Gasteiger partial charge in [-0.25, -0.2) is 4.79 Å². The molecule has 5 nitrogen and oxygen atoms in total. The monoisotopic (exact) mass is 287 g/mol. The van der Waals surface area contributed by atoms with Crippen LogP contribution < -0.4 is 5.32 Å². The number of hydrogen-bond donors (Lipinski definition) is 1. The van der Waals surface area contributed by atoms with Crippen LogP contribution in [0.5, 0.6) is 0 Å². The molecule has 0 aliphatic carbocycles. The molecule has 0 bridgehead atoms. The zero-order valence-corrected chi connectivity index (χ0v) is 12.6. The number of alkyl carbamates (subject to hydrolysis) is 1. The average molecular weight is 287 g/mol. The number of hydrogen-bond acceptors (Lipinski definition) is 5. The van der Waals surface area contributed by atoms with Gasteiger partial charge in [0.2, 0.25) is 0 Å². The molecule has 0 fully saturated rings. The summed E-state index contributed by atoms with van der Waals surface area (Å²) in [5.41, 5.74) is -0.496. The molecule has 0 saturated carbocycles. The molecule has 1 rings (SSSR count). The van der Waals surface area contributed by atoms with Crippen molar-refractivity contribution in [1.82, 2.24) is 15.5 Å². The van der Waals surface area contributed by atoms with Gasteiger partial charge in [0.15, 0.2) is 0 Å². The molecule has 6 heteroatoms. The third kappa shape index (κ3) is 6.52. The number of amides is 1. The van der Waals surface area contributed by atoms with Crippen LogP contribution in [0.4, 0.5) is 4.79 Å². The van der Waals surface area contributed by atoms with Crippen LogP contribution in [0.15, 0.2) is 0 Å². The molecule has 0 aliphatic rings. The van der Waals surface area contributed by atoms with E-state index in [1.54, 1.807) is 0 Å². The van der Waals surface area contributed by atoms with Crippen molar-refractivity contribution < 1.29 is 9.53 Å². The Morgan fingerprint density at radius 1 is 1.21 bits per heavy atom. The summed E-state index contributed by atoms with van der Waals surface area (Å²) in [6.45, 7) is 12.1. The second-order valence-corrected chi connectivity index (χ2v) is 7.17. The predicted octanol–water partition coefficient (Wildman–Crippen LogP) is 3.50. The number of ether oxygens (including phenoxy) is 1. The van der Waals surface area contributed by atoms with Gasteiger partial charge in [0, 0.05) is 5.41 Å². The molecule has 19 heavy (non-hydrogen) atoms. The second kappa shape index (κ2) is 6.32. The Labute approximate surface area is 119 Å². The Morgan fingerprint density at radius 3 is 2.21 bits per heavy atom. The van der Waals surface area contributed by atoms with Gasteiger partial charge < -0.3 is 10.1 Å². The molecule has 0 atom stereocenters. The molecule has 0 spiro atoms. The first-order valence-electron chi connectivity index (χ1n) is 5.87. The lowest BCUT2D eigenvalue weighted by molar-refractivity contribution is 0.0523. The maximum absolute atomic E-state index is 11.5. The minimum atomic E-state index is -0.484. The summed E-state index contributed by atoms with van der Waals surface area (Å²) in [5.74, 6) is 0. The molecule has 0 unspecified atom stereocenters. The SMILES string of the molecule is C.CC(C)(C)OC(=O)NCc1nnc(C(C)(C)C)s1. The third-order valence-electron chi connectivity index (χ3n) is 1.89. The van der Waals surface area contributed by atoms with Crippen LogP contribution in [-0.4, -0.2) is 21.9 Å². The topological polar surface area (TPSA) is 64.1 Å². The maximum atomic E-state index is 11.5. The van der Waals surface area contributed by atoms with Gasteiger partial charge in [0.1, 0.15) is 15.6 Å². The van der Waals surface area contributed by atoms with E-state index in [0.717, 1.165) is 10.0 Å². The third-order valence-corrected chi connectivity index (χ3v) is 3.24. The van der Waals surface area contributed by atoms with Crippen molar-refractivity contribution in [3.8, 4) is 0 Å². The normalized spacial score (nSPS) is 11.7. The Balaban J connectivity index is 0.00000324. The van der Waals surface area contributed by atoms with Crippen LogP contribution >= 0.6 is 11.3 Å². The van der Waals surface area contributed by atoms with Crippen LogP contribution in [0.2, 0.25) is 0 Å². The predicted molar refractivity (Wildman–Crippen MR) is 78.4 cm³/mol. The molecule has 1 amide bonds. The Hall–Kier alpha value is -1.17. The first kappa shape index (κ1) is 17.8. The second-order valence-electron chi connectivity index (χ2n) is 6.11. The van der Waals surface area contributed by atoms with E-state index in [-0.39, 0.29) is 12.8 Å². The molecule has 1 aromatic rings. The van der Waals surface area contributed by atoms with Crippen molar-refractivity contribution >= 4 is 17.4 Å². The number of nitrogens with one attached hydrogen (secondary N) is 1. The summed E-state index contributed by atoms with van der Waals surface area (Å²) < 4.78 is 5.14. The molecule has 0 saturated heterocycles. The molecule has 1 heterocycles. The fraction of sp³-hybridized carbons (Fsp3) is 0.769. The van der Waals surface area contributed by atoms with Crippen LogP contribution in [0.25, 0.3) is 0 Å². The van der Waals surface area contributed by atoms with E-state index in [2.05, 4.69) is 36.3 Å². The lowest BCUT2D eigenvalue weighted by Crippen LogP contribution is -2.32. The van der Waals surface area contributed by atoms with Crippen molar-refractivity contribution in [3.63, 3.8) is 0 Å². The fourth-order valence-electron chi connectivity index (χ4n) is 1.09. The van der Waals surface area contributed by atoms with Gasteiger partial charge in [-0.05, 0) is 20.8 Å². The van der Waals surface area contributed by atoms with E-state index in [9.17, 15) is 4.79 Å². The highest BCUT2D eigenvalue weighted by Crippen LogP contribution is 2.25. The number of carbonyl (C=O) groups is 1. The van der Waals surface area contributed by atoms with Crippen molar-refractivity contribution in [1.29, 1.82) is 0 Å². The van der Waals surface area contributed by atoms with Crippen LogP contribution in [0.1, 0.15) is 59.0 Å². The summed E-state index contributed by atoms with van der Waals surface area (Å²) >= 11 is 1.51. The molecule has 0 radical (unpaired) electrons. The molecule has 1 aromatic heterocycles. The van der Waals surface area contributed by atoms with Crippen LogP contribution in [0.3, 0.4) is 0 Å². The lowest BCUT2D eigenvalue weighted by Gasteiger charge is -2.19. The van der Waals surface area contributed by atoms with E-state index < -0.39 is 11.7 Å². The largest absolute Gasteiger partial charge is 0.444 e. The van der Waals surface area contributed by atoms with Crippen LogP contribution in [-0.2, 0) is 16.7 Å². The van der Waals surface area contributed by atoms with E-state index in [1.807, 2.05) is 20.8 Å². The summed E-state index contributed by atoms with van der Waals surface area (Å²) in [7, 11) is 0. The highest BCUT2D eigenvalue weighted by Gasteiger charge is 2.20. The van der Waals surface area contributed by atoms with Gasteiger partial charge in [-0.1, -0.05) is 39.5 Å². The Bertz CT molecular complexity index is 416. The number of nitrogens with zero attached hydrogens (tertiary/aromatic N) is 2. The Kier molecular flexibility index (Phi) is 5.93. The van der Waals surface area contributed by atoms with Crippen molar-refractivity contribution in [2.24, 2.45) is 0 Å². The molecular formula is C13H25N3O2S. The zero-order valence-electron chi connectivity index (χ0n) is 11.8. The molecule has 0 aromatic carbocycles. The van der Waals surface area contributed by atoms with Crippen molar-refractivity contribution in [2.45, 2.75) is 66.5 Å². The van der Waals surface area contributed by atoms with Gasteiger partial charge in [0.25, 0.3) is 0 Å². The first-order valence-corrected chi connectivity index (χ1v) is 6.69. The van der Waals surface area contributed by atoms with Gasteiger partial charge in [-0.3, -0.25) is 0 Å². The van der Waals surface area contributed by atoms with Gasteiger partial charge in [-0.2, -0.15) is 0 Å². The fourth-order valence-corrected chi connectivity index (χ4v) is 1.93. The molecule has 0 aliphatic heterocycles. The minimum absolute atomic E-state index is 0. The molecule has 1 N–H and O–H groups in total. The Morgan fingerprint density at radius 2 is 1.79 bits per heavy atom. The summed E-state index contributed by atoms with van der Waals surface area (Å²) in [5, 5.41) is 12.6. The van der Waals surface area contributed by atoms with E-state index in [0.29, 0.717) is 6.54 Å². The lowest BCUT2D eigenvalue weighted by atomic mass is 9.98. The van der Waals surface area contributed by atoms with E-state index in [4.69, 9.17) is 4.74 Å². The number of aromatic nitrogens is 2. The number of rotatable bonds is 2. The summed E-state index contributed by atoms with van der Waals surface area (Å²) in [6, 6.07) is 0. The summed E-state index contributed by atoms with van der Waals surface area (Å²) in [6.07, 6.45) is -0.435. The van der Waals surface area contributed by atoms with Gasteiger partial charge in [-0.15, -0.1) is 10.2 Å². The first-order chi connectivity index (χ1) is 8.08. The standard InChI is InChI=1S/C12H21N3O2S.CH4/c1-11(2,3)9-15-14-8(18-9)7-13-10(16)17-12(4,5)6;/h7H2,1-6H3,(H,13,16);1H4. The van der Waals surface area contributed by atoms with Gasteiger partial charge in [0.05, 0.1) is 6.54 Å². The van der Waals surface area contributed by atoms with Crippen LogP contribution in [0, 0.1) is 0 Å². The highest BCUT2D eigenvalue weighted by atomic mass is 32.1. The van der Waals surface area contributed by atoms with Crippen molar-refractivity contribution in [3.05, 3.63) is 10.0 Å². The average Bonchev–Trinajstić information content (AvgIpc) is 2.59. The summed E-state index contributed by atoms with van der Waals surface area (Å²) in [4.78, 5) is 11.5. The smallest absolute Gasteiger partial charge is 0.408 e. The zero-order chi connectivity index (χ0) is 14.0. The van der Waals surface area contributed by atoms with E-state index >= 15 is 0 Å². The van der Waals surface area contributed by atoms with Crippen molar-refractivity contribution in [2.75, 3.05) is 0 Å². The highest BCUT2D eigenvalue weighted by molar-refractivity contribution is 7.11. The quantitative estimate of drug-likeness (QED) is 0.904. The number of carbonyl (C=O) groups excluding carboxylic acids is 1.